The minimum atomic E-state index is -4.02. The molecule has 0 aliphatic carbocycles. The first kappa shape index (κ1) is 27.1. The fourth-order valence-corrected chi connectivity index (χ4v) is 7.38. The highest BCUT2D eigenvalue weighted by atomic mass is 32.2. The van der Waals surface area contributed by atoms with E-state index >= 15 is 0 Å². The fraction of sp³-hybridized carbons (Fsp3) is 0.143. The Morgan fingerprint density at radius 3 is 2.09 bits per heavy atom. The Balaban J connectivity index is 1.41. The molecule has 8 heteroatoms. The SMILES string of the molecule is CN1CCN(c2ccc(-c3ccc4c(c3)c3c(C(=O)c5ccccc5)ccnc3n4S(=O)(=O)c3ccccc3)cc2)CC1. The van der Waals surface area contributed by atoms with Crippen molar-refractivity contribution in [2.75, 3.05) is 38.1 Å². The van der Waals surface area contributed by atoms with Gasteiger partial charge < -0.3 is 9.80 Å². The second kappa shape index (κ2) is 10.8. The minimum Gasteiger partial charge on any atom is -0.369 e. The lowest BCUT2D eigenvalue weighted by molar-refractivity contribution is 0.104. The molecule has 1 aliphatic heterocycles. The van der Waals surface area contributed by atoms with Crippen LogP contribution in [0.15, 0.2) is 120 Å². The summed E-state index contributed by atoms with van der Waals surface area (Å²) in [5.41, 5.74) is 4.74. The van der Waals surface area contributed by atoms with Gasteiger partial charge in [0.15, 0.2) is 11.4 Å². The molecule has 0 amide bonds. The van der Waals surface area contributed by atoms with Crippen LogP contribution in [0.3, 0.4) is 0 Å². The third-order valence-corrected chi connectivity index (χ3v) is 9.96. The van der Waals surface area contributed by atoms with Crippen LogP contribution in [-0.4, -0.2) is 61.3 Å². The molecule has 7 rings (SSSR count). The highest BCUT2D eigenvalue weighted by Crippen LogP contribution is 2.37. The molecule has 0 unspecified atom stereocenters. The largest absolute Gasteiger partial charge is 0.369 e. The highest BCUT2D eigenvalue weighted by Gasteiger charge is 2.27. The molecule has 0 saturated carbocycles. The minimum absolute atomic E-state index is 0.152. The Hall–Kier alpha value is -4.79. The summed E-state index contributed by atoms with van der Waals surface area (Å²) in [5.74, 6) is -0.189. The number of hydrogen-bond acceptors (Lipinski definition) is 6. The molecule has 0 radical (unpaired) electrons. The summed E-state index contributed by atoms with van der Waals surface area (Å²) in [5, 5.41) is 1.17. The molecule has 6 aromatic rings. The van der Waals surface area contributed by atoms with Crippen molar-refractivity contribution < 1.29 is 13.2 Å². The van der Waals surface area contributed by atoms with Crippen LogP contribution < -0.4 is 4.90 Å². The maximum absolute atomic E-state index is 14.1. The molecule has 43 heavy (non-hydrogen) atoms. The number of likely N-dealkylation sites (N-methyl/N-ethyl adjacent to an activating group) is 1. The van der Waals surface area contributed by atoms with E-state index in [-0.39, 0.29) is 16.3 Å². The van der Waals surface area contributed by atoms with Crippen LogP contribution in [0.1, 0.15) is 15.9 Å². The van der Waals surface area contributed by atoms with Gasteiger partial charge in [-0.25, -0.2) is 17.4 Å². The topological polar surface area (TPSA) is 75.5 Å². The summed E-state index contributed by atoms with van der Waals surface area (Å²) in [6.07, 6.45) is 1.51. The number of carbonyl (C=O) groups excluding carboxylic acids is 1. The van der Waals surface area contributed by atoms with Gasteiger partial charge in [0, 0.05) is 60.0 Å². The lowest BCUT2D eigenvalue weighted by Gasteiger charge is -2.34. The number of pyridine rings is 1. The first-order valence-electron chi connectivity index (χ1n) is 14.3. The fourth-order valence-electron chi connectivity index (χ4n) is 5.88. The smallest absolute Gasteiger partial charge is 0.269 e. The zero-order valence-electron chi connectivity index (χ0n) is 23.7. The van der Waals surface area contributed by atoms with Gasteiger partial charge in [0.2, 0.25) is 0 Å². The summed E-state index contributed by atoms with van der Waals surface area (Å²) in [6.45, 7) is 4.05. The lowest BCUT2D eigenvalue weighted by Crippen LogP contribution is -2.44. The number of rotatable bonds is 6. The third kappa shape index (κ3) is 4.78. The van der Waals surface area contributed by atoms with E-state index in [0.717, 1.165) is 37.3 Å². The van der Waals surface area contributed by atoms with Gasteiger partial charge in [0.25, 0.3) is 10.0 Å². The molecule has 0 spiro atoms. The van der Waals surface area contributed by atoms with E-state index < -0.39 is 10.0 Å². The van der Waals surface area contributed by atoms with Gasteiger partial charge in [0.1, 0.15) is 0 Å². The van der Waals surface area contributed by atoms with Crippen molar-refractivity contribution in [3.05, 3.63) is 127 Å². The Morgan fingerprint density at radius 1 is 0.744 bits per heavy atom. The van der Waals surface area contributed by atoms with Crippen LogP contribution in [0.4, 0.5) is 5.69 Å². The second-order valence-corrected chi connectivity index (χ2v) is 12.7. The average molecular weight is 587 g/mol. The van der Waals surface area contributed by atoms with Crippen LogP contribution in [0, 0.1) is 0 Å². The molecule has 2 aromatic heterocycles. The molecule has 214 valence electrons. The van der Waals surface area contributed by atoms with Crippen LogP contribution >= 0.6 is 0 Å². The zero-order chi connectivity index (χ0) is 29.6. The first-order chi connectivity index (χ1) is 20.9. The van der Waals surface area contributed by atoms with Crippen molar-refractivity contribution in [1.29, 1.82) is 0 Å². The predicted octanol–water partition coefficient (Wildman–Crippen LogP) is 6.08. The predicted molar refractivity (Wildman–Crippen MR) is 171 cm³/mol. The van der Waals surface area contributed by atoms with E-state index in [0.29, 0.717) is 27.4 Å². The van der Waals surface area contributed by atoms with Gasteiger partial charge in [-0.2, -0.15) is 0 Å². The summed E-state index contributed by atoms with van der Waals surface area (Å²) >= 11 is 0. The first-order valence-corrected chi connectivity index (χ1v) is 15.7. The van der Waals surface area contributed by atoms with Gasteiger partial charge in [-0.3, -0.25) is 4.79 Å². The molecule has 1 fully saturated rings. The average Bonchev–Trinajstić information content (AvgIpc) is 3.40. The Kier molecular flexibility index (Phi) is 6.80. The number of aromatic nitrogens is 2. The Morgan fingerprint density at radius 2 is 1.40 bits per heavy atom. The second-order valence-electron chi connectivity index (χ2n) is 10.9. The van der Waals surface area contributed by atoms with Crippen molar-refractivity contribution in [3.8, 4) is 11.1 Å². The number of anilines is 1. The van der Waals surface area contributed by atoms with Gasteiger partial charge in [-0.05, 0) is 60.6 Å². The van der Waals surface area contributed by atoms with Crippen LogP contribution in [-0.2, 0) is 10.0 Å². The third-order valence-electron chi connectivity index (χ3n) is 8.24. The molecule has 3 heterocycles. The number of ketones is 1. The summed E-state index contributed by atoms with van der Waals surface area (Å²) in [6, 6.07) is 33.2. The van der Waals surface area contributed by atoms with Gasteiger partial charge in [-0.15, -0.1) is 0 Å². The van der Waals surface area contributed by atoms with Crippen LogP contribution in [0.25, 0.3) is 33.1 Å². The van der Waals surface area contributed by atoms with E-state index in [2.05, 4.69) is 46.1 Å². The Bertz CT molecular complexity index is 2070. The maximum atomic E-state index is 14.1. The number of fused-ring (bicyclic) bond motifs is 3. The Labute approximate surface area is 250 Å². The molecular formula is C35H30N4O3S. The van der Waals surface area contributed by atoms with E-state index in [1.54, 1.807) is 48.5 Å². The van der Waals surface area contributed by atoms with Gasteiger partial charge >= 0.3 is 0 Å². The zero-order valence-corrected chi connectivity index (χ0v) is 24.5. The summed E-state index contributed by atoms with van der Waals surface area (Å²) in [4.78, 5) is 23.2. The van der Waals surface area contributed by atoms with Crippen LogP contribution in [0.5, 0.6) is 0 Å². The van der Waals surface area contributed by atoms with Crippen molar-refractivity contribution in [2.24, 2.45) is 0 Å². The lowest BCUT2D eigenvalue weighted by atomic mass is 9.98. The quantitative estimate of drug-likeness (QED) is 0.220. The van der Waals surface area contributed by atoms with Crippen molar-refractivity contribution in [3.63, 3.8) is 0 Å². The summed E-state index contributed by atoms with van der Waals surface area (Å²) in [7, 11) is -1.88. The van der Waals surface area contributed by atoms with Crippen molar-refractivity contribution >= 4 is 43.4 Å². The standard InChI is InChI=1S/C35H30N4O3S/c1-37-20-22-38(23-21-37)28-15-12-25(13-16-28)27-14-17-32-31(24-27)33-30(34(40)26-8-4-2-5-9-26)18-19-36-35(33)39(32)43(41,42)29-10-6-3-7-11-29/h2-19,24H,20-23H2,1H3. The van der Waals surface area contributed by atoms with Crippen molar-refractivity contribution in [2.45, 2.75) is 4.90 Å². The molecule has 1 aliphatic rings. The number of hydrogen-bond donors (Lipinski definition) is 0. The number of nitrogens with zero attached hydrogens (tertiary/aromatic N) is 4. The van der Waals surface area contributed by atoms with Crippen LogP contribution in [0.2, 0.25) is 0 Å². The van der Waals surface area contributed by atoms with Gasteiger partial charge in [0.05, 0.1) is 10.4 Å². The number of benzene rings is 4. The van der Waals surface area contributed by atoms with E-state index in [4.69, 9.17) is 0 Å². The molecule has 0 bridgehead atoms. The summed E-state index contributed by atoms with van der Waals surface area (Å²) < 4.78 is 29.4. The molecule has 7 nitrogen and oxygen atoms in total. The monoisotopic (exact) mass is 586 g/mol. The molecule has 4 aromatic carbocycles. The van der Waals surface area contributed by atoms with Gasteiger partial charge in [-0.1, -0.05) is 66.7 Å². The number of carbonyl (C=O) groups is 1. The number of piperazine rings is 1. The normalized spacial score (nSPS) is 14.4. The molecule has 0 N–H and O–H groups in total. The van der Waals surface area contributed by atoms with E-state index in [1.165, 1.54) is 15.9 Å². The van der Waals surface area contributed by atoms with Crippen molar-refractivity contribution in [1.82, 2.24) is 13.9 Å². The van der Waals surface area contributed by atoms with E-state index in [1.807, 2.05) is 36.4 Å². The molecule has 1 saturated heterocycles. The van der Waals surface area contributed by atoms with E-state index in [9.17, 15) is 13.2 Å². The maximum Gasteiger partial charge on any atom is 0.269 e. The molecular weight excluding hydrogens is 556 g/mol. The highest BCUT2D eigenvalue weighted by molar-refractivity contribution is 7.90. The molecule has 0 atom stereocenters.